The minimum Gasteiger partial charge on any atom is -0.497 e. The topological polar surface area (TPSA) is 69.0 Å². The third-order valence-electron chi connectivity index (χ3n) is 5.28. The minimum atomic E-state index is -0.525. The lowest BCUT2D eigenvalue weighted by molar-refractivity contribution is 0.0593. The molecule has 0 bridgehead atoms. The number of amides is 1. The number of carbonyl (C=O) groups excluding carboxylic acids is 1. The minimum absolute atomic E-state index is 0.122. The number of benzene rings is 2. The van der Waals surface area contributed by atoms with Crippen LogP contribution in [0.25, 0.3) is 11.0 Å². The molecule has 0 saturated heterocycles. The summed E-state index contributed by atoms with van der Waals surface area (Å²) in [5, 5.41) is 0.474. The Bertz CT molecular complexity index is 1130. The van der Waals surface area contributed by atoms with E-state index in [4.69, 9.17) is 13.9 Å². The van der Waals surface area contributed by atoms with Gasteiger partial charge in [0.2, 0.25) is 5.76 Å². The summed E-state index contributed by atoms with van der Waals surface area (Å²) in [6.45, 7) is 4.94. The molecule has 1 aromatic heterocycles. The molecule has 2 aromatic carbocycles. The normalized spacial score (nSPS) is 15.8. The van der Waals surface area contributed by atoms with E-state index in [-0.39, 0.29) is 23.2 Å². The summed E-state index contributed by atoms with van der Waals surface area (Å²) < 4.78 is 16.9. The van der Waals surface area contributed by atoms with Gasteiger partial charge in [0.05, 0.1) is 30.2 Å². The Morgan fingerprint density at radius 2 is 1.90 bits per heavy atom. The smallest absolute Gasteiger partial charge is 0.290 e. The first-order chi connectivity index (χ1) is 14.5. The van der Waals surface area contributed by atoms with Gasteiger partial charge < -0.3 is 18.8 Å². The van der Waals surface area contributed by atoms with E-state index < -0.39 is 6.04 Å². The van der Waals surface area contributed by atoms with Gasteiger partial charge in [0, 0.05) is 13.2 Å². The van der Waals surface area contributed by atoms with Gasteiger partial charge in [-0.2, -0.15) is 0 Å². The van der Waals surface area contributed by atoms with E-state index in [0.29, 0.717) is 41.9 Å². The molecule has 0 N–H and O–H groups in total. The largest absolute Gasteiger partial charge is 0.497 e. The van der Waals surface area contributed by atoms with Gasteiger partial charge in [-0.1, -0.05) is 24.3 Å². The molecule has 1 aliphatic rings. The highest BCUT2D eigenvalue weighted by Gasteiger charge is 2.42. The van der Waals surface area contributed by atoms with Crippen molar-refractivity contribution in [3.8, 4) is 5.75 Å². The van der Waals surface area contributed by atoms with Gasteiger partial charge >= 0.3 is 0 Å². The molecule has 4 rings (SSSR count). The van der Waals surface area contributed by atoms with Gasteiger partial charge in [0.15, 0.2) is 5.43 Å². The first-order valence-corrected chi connectivity index (χ1v) is 10.1. The monoisotopic (exact) mass is 407 g/mol. The fourth-order valence-electron chi connectivity index (χ4n) is 3.91. The molecule has 1 aliphatic heterocycles. The van der Waals surface area contributed by atoms with Gasteiger partial charge in [-0.25, -0.2) is 0 Å². The molecule has 1 amide bonds. The molecular weight excluding hydrogens is 382 g/mol. The standard InChI is InChI=1S/C24H25NO5/c1-15(2)29-13-7-12-25-21(16-8-6-9-17(14-16)28-3)20-22(26)18-10-4-5-11-19(18)30-23(20)24(25)27/h4-6,8-11,14-15,21H,7,12-13H2,1-3H3/t21-/m1/s1. The van der Waals surface area contributed by atoms with Gasteiger partial charge in [-0.05, 0) is 50.1 Å². The van der Waals surface area contributed by atoms with Crippen LogP contribution >= 0.6 is 0 Å². The summed E-state index contributed by atoms with van der Waals surface area (Å²) >= 11 is 0. The van der Waals surface area contributed by atoms with Crippen LogP contribution in [-0.2, 0) is 4.74 Å². The van der Waals surface area contributed by atoms with Crippen LogP contribution in [-0.4, -0.2) is 37.2 Å². The second kappa shape index (κ2) is 8.32. The Labute approximate surface area is 175 Å². The number of fused-ring (bicyclic) bond motifs is 2. The van der Waals surface area contributed by atoms with Crippen molar-refractivity contribution in [3.05, 3.63) is 75.6 Å². The van der Waals surface area contributed by atoms with Crippen LogP contribution in [0.15, 0.2) is 57.7 Å². The van der Waals surface area contributed by atoms with Crippen LogP contribution in [0.5, 0.6) is 5.75 Å². The van der Waals surface area contributed by atoms with E-state index in [1.165, 1.54) is 0 Å². The maximum Gasteiger partial charge on any atom is 0.290 e. The molecule has 3 aromatic rings. The van der Waals surface area contributed by atoms with E-state index >= 15 is 0 Å². The van der Waals surface area contributed by atoms with Gasteiger partial charge in [0.25, 0.3) is 5.91 Å². The molecular formula is C24H25NO5. The zero-order valence-electron chi connectivity index (χ0n) is 17.4. The number of rotatable bonds is 7. The molecule has 6 nitrogen and oxygen atoms in total. The highest BCUT2D eigenvalue weighted by molar-refractivity contribution is 5.99. The Morgan fingerprint density at radius 1 is 1.10 bits per heavy atom. The Morgan fingerprint density at radius 3 is 2.67 bits per heavy atom. The Hall–Kier alpha value is -3.12. The number of carbonyl (C=O) groups is 1. The van der Waals surface area contributed by atoms with Crippen molar-refractivity contribution in [2.75, 3.05) is 20.3 Å². The van der Waals surface area contributed by atoms with E-state index in [9.17, 15) is 9.59 Å². The van der Waals surface area contributed by atoms with E-state index in [2.05, 4.69) is 0 Å². The van der Waals surface area contributed by atoms with Crippen molar-refractivity contribution in [3.63, 3.8) is 0 Å². The summed E-state index contributed by atoms with van der Waals surface area (Å²) in [4.78, 5) is 28.4. The zero-order chi connectivity index (χ0) is 21.3. The van der Waals surface area contributed by atoms with Crippen LogP contribution in [0.2, 0.25) is 0 Å². The SMILES string of the molecule is COc1cccc([C@@H]2c3c(oc4ccccc4c3=O)C(=O)N2CCCOC(C)C)c1. The second-order valence-electron chi connectivity index (χ2n) is 7.62. The molecule has 30 heavy (non-hydrogen) atoms. The van der Waals surface area contributed by atoms with E-state index in [1.54, 1.807) is 36.3 Å². The molecule has 156 valence electrons. The van der Waals surface area contributed by atoms with Crippen molar-refractivity contribution >= 4 is 16.9 Å². The van der Waals surface area contributed by atoms with Crippen LogP contribution in [0, 0.1) is 0 Å². The molecule has 0 radical (unpaired) electrons. The summed E-state index contributed by atoms with van der Waals surface area (Å²) in [6, 6.07) is 14.0. The average Bonchev–Trinajstić information content (AvgIpc) is 3.03. The number of para-hydroxylation sites is 1. The predicted octanol–water partition coefficient (Wildman–Crippen LogP) is 4.16. The Kier molecular flexibility index (Phi) is 5.59. The summed E-state index contributed by atoms with van der Waals surface area (Å²) in [6.07, 6.45) is 0.783. The van der Waals surface area contributed by atoms with Crippen LogP contribution in [0.4, 0.5) is 0 Å². The van der Waals surface area contributed by atoms with Gasteiger partial charge in [-0.3, -0.25) is 9.59 Å². The van der Waals surface area contributed by atoms with E-state index in [0.717, 1.165) is 5.56 Å². The predicted molar refractivity (Wildman–Crippen MR) is 114 cm³/mol. The average molecular weight is 407 g/mol. The second-order valence-corrected chi connectivity index (χ2v) is 7.62. The lowest BCUT2D eigenvalue weighted by Crippen LogP contribution is -2.31. The number of hydrogen-bond donors (Lipinski definition) is 0. The highest BCUT2D eigenvalue weighted by Crippen LogP contribution is 2.39. The molecule has 0 saturated carbocycles. The number of hydrogen-bond acceptors (Lipinski definition) is 5. The molecule has 0 spiro atoms. The first-order valence-electron chi connectivity index (χ1n) is 10.1. The fraction of sp³-hybridized carbons (Fsp3) is 0.333. The molecule has 0 fully saturated rings. The van der Waals surface area contributed by atoms with Crippen LogP contribution in [0.1, 0.15) is 48.0 Å². The molecule has 0 unspecified atom stereocenters. The molecule has 0 aliphatic carbocycles. The van der Waals surface area contributed by atoms with Crippen molar-refractivity contribution in [1.82, 2.24) is 4.90 Å². The van der Waals surface area contributed by atoms with Crippen LogP contribution < -0.4 is 10.2 Å². The van der Waals surface area contributed by atoms with Crippen molar-refractivity contribution in [2.24, 2.45) is 0 Å². The fourth-order valence-corrected chi connectivity index (χ4v) is 3.91. The lowest BCUT2D eigenvalue weighted by Gasteiger charge is -2.25. The quantitative estimate of drug-likeness (QED) is 0.550. The summed E-state index contributed by atoms with van der Waals surface area (Å²) in [5.41, 5.74) is 1.45. The third kappa shape index (κ3) is 3.59. The molecule has 1 atom stereocenters. The summed E-state index contributed by atoms with van der Waals surface area (Å²) in [7, 11) is 1.59. The lowest BCUT2D eigenvalue weighted by atomic mass is 9.98. The Balaban J connectivity index is 1.81. The van der Waals surface area contributed by atoms with Gasteiger partial charge in [0.1, 0.15) is 11.3 Å². The van der Waals surface area contributed by atoms with Gasteiger partial charge in [-0.15, -0.1) is 0 Å². The van der Waals surface area contributed by atoms with Crippen molar-refractivity contribution in [2.45, 2.75) is 32.4 Å². The maximum atomic E-state index is 13.4. The first kappa shape index (κ1) is 20.2. The highest BCUT2D eigenvalue weighted by atomic mass is 16.5. The zero-order valence-corrected chi connectivity index (χ0v) is 17.4. The van der Waals surface area contributed by atoms with Crippen LogP contribution in [0.3, 0.4) is 0 Å². The maximum absolute atomic E-state index is 13.4. The number of ether oxygens (including phenoxy) is 2. The number of methoxy groups -OCH3 is 1. The molecule has 6 heteroatoms. The summed E-state index contributed by atoms with van der Waals surface area (Å²) in [5.74, 6) is 0.517. The van der Waals surface area contributed by atoms with E-state index in [1.807, 2.05) is 38.1 Å². The van der Waals surface area contributed by atoms with Crippen molar-refractivity contribution in [1.29, 1.82) is 0 Å². The van der Waals surface area contributed by atoms with Crippen molar-refractivity contribution < 1.29 is 18.7 Å². The molecule has 2 heterocycles. The number of nitrogens with zero attached hydrogens (tertiary/aromatic N) is 1. The third-order valence-corrected chi connectivity index (χ3v) is 5.28.